The number of methoxy groups -OCH3 is 1. The van der Waals surface area contributed by atoms with Crippen molar-refractivity contribution in [2.24, 2.45) is 5.10 Å². The maximum Gasteiger partial charge on any atom is 0.295 e. The number of anilines is 2. The Balaban J connectivity index is 1.86. The number of nitro benzene ring substituents is 1. The third kappa shape index (κ3) is 4.93. The minimum atomic E-state index is -4.03. The van der Waals surface area contributed by atoms with Gasteiger partial charge in [-0.25, -0.2) is 8.42 Å². The number of benzene rings is 2. The Morgan fingerprint density at radius 1 is 1.17 bits per heavy atom. The zero-order valence-electron chi connectivity index (χ0n) is 16.0. The summed E-state index contributed by atoms with van der Waals surface area (Å²) in [6.45, 7) is 1.77. The van der Waals surface area contributed by atoms with Gasteiger partial charge >= 0.3 is 0 Å². The number of nitro groups is 1. The summed E-state index contributed by atoms with van der Waals surface area (Å²) in [5.74, 6) is 0.572. The highest BCUT2D eigenvalue weighted by molar-refractivity contribution is 7.92. The van der Waals surface area contributed by atoms with Crippen LogP contribution in [0, 0.1) is 10.1 Å². The van der Waals surface area contributed by atoms with Gasteiger partial charge in [-0.05, 0) is 54.8 Å². The van der Waals surface area contributed by atoms with Crippen LogP contribution in [0.15, 0.2) is 70.0 Å². The number of nitrogens with zero attached hydrogens (tertiary/aromatic N) is 2. The van der Waals surface area contributed by atoms with E-state index in [0.717, 1.165) is 10.9 Å². The SMILES string of the molecule is COc1ccc(NS(=O)(=O)c2ccc(N/N=C(/C)c3cccs3)c([N+](=O)[O-])c2)cc1. The van der Waals surface area contributed by atoms with Gasteiger partial charge in [-0.3, -0.25) is 20.3 Å². The molecule has 156 valence electrons. The van der Waals surface area contributed by atoms with E-state index >= 15 is 0 Å². The Morgan fingerprint density at radius 2 is 1.90 bits per heavy atom. The fourth-order valence-corrected chi connectivity index (χ4v) is 4.24. The van der Waals surface area contributed by atoms with Crippen molar-refractivity contribution in [3.05, 3.63) is 75.0 Å². The summed E-state index contributed by atoms with van der Waals surface area (Å²) in [5, 5.41) is 17.5. The molecule has 0 aliphatic rings. The lowest BCUT2D eigenvalue weighted by Gasteiger charge is -2.10. The fraction of sp³-hybridized carbons (Fsp3) is 0.105. The molecule has 2 aromatic carbocycles. The first kappa shape index (κ1) is 21.3. The number of ether oxygens (including phenoxy) is 1. The summed E-state index contributed by atoms with van der Waals surface area (Å²) in [6, 6.07) is 13.6. The molecular weight excluding hydrogens is 428 g/mol. The third-order valence-corrected chi connectivity index (χ3v) is 6.40. The molecule has 0 spiro atoms. The molecule has 0 unspecified atom stereocenters. The van der Waals surface area contributed by atoms with E-state index in [4.69, 9.17) is 4.74 Å². The number of hydrogen-bond acceptors (Lipinski definition) is 8. The summed E-state index contributed by atoms with van der Waals surface area (Å²) in [5.41, 5.74) is 3.28. The highest BCUT2D eigenvalue weighted by atomic mass is 32.2. The van der Waals surface area contributed by atoms with Gasteiger partial charge in [-0.2, -0.15) is 5.10 Å². The van der Waals surface area contributed by atoms with Crippen molar-refractivity contribution < 1.29 is 18.1 Å². The van der Waals surface area contributed by atoms with E-state index in [9.17, 15) is 18.5 Å². The molecule has 9 nitrogen and oxygen atoms in total. The van der Waals surface area contributed by atoms with E-state index in [1.165, 1.54) is 42.7 Å². The van der Waals surface area contributed by atoms with Crippen LogP contribution >= 0.6 is 11.3 Å². The first-order valence-corrected chi connectivity index (χ1v) is 11.0. The lowest BCUT2D eigenvalue weighted by atomic mass is 10.3. The highest BCUT2D eigenvalue weighted by Gasteiger charge is 2.21. The van der Waals surface area contributed by atoms with Gasteiger partial charge in [0.1, 0.15) is 11.4 Å². The summed E-state index contributed by atoms with van der Waals surface area (Å²) in [7, 11) is -2.53. The molecule has 2 N–H and O–H groups in total. The molecule has 1 aromatic heterocycles. The summed E-state index contributed by atoms with van der Waals surface area (Å²) in [6.07, 6.45) is 0. The number of thiophene rings is 1. The van der Waals surface area contributed by atoms with E-state index in [-0.39, 0.29) is 10.6 Å². The van der Waals surface area contributed by atoms with E-state index < -0.39 is 20.6 Å². The lowest BCUT2D eigenvalue weighted by Crippen LogP contribution is -2.13. The second-order valence-electron chi connectivity index (χ2n) is 6.06. The molecule has 30 heavy (non-hydrogen) atoms. The first-order chi connectivity index (χ1) is 14.3. The summed E-state index contributed by atoms with van der Waals surface area (Å²) < 4.78 is 32.7. The first-order valence-electron chi connectivity index (χ1n) is 8.59. The van der Waals surface area contributed by atoms with Gasteiger partial charge in [-0.1, -0.05) is 6.07 Å². The Kier molecular flexibility index (Phi) is 6.33. The number of hydrogen-bond donors (Lipinski definition) is 2. The van der Waals surface area contributed by atoms with Crippen LogP contribution in [0.3, 0.4) is 0 Å². The number of sulfonamides is 1. The molecular formula is C19H18N4O5S2. The van der Waals surface area contributed by atoms with E-state index in [2.05, 4.69) is 15.2 Å². The van der Waals surface area contributed by atoms with Crippen LogP contribution in [0.2, 0.25) is 0 Å². The summed E-state index contributed by atoms with van der Waals surface area (Å²) in [4.78, 5) is 11.5. The molecule has 0 bridgehead atoms. The Labute approximate surface area is 177 Å². The van der Waals surface area contributed by atoms with E-state index in [1.54, 1.807) is 19.1 Å². The predicted octanol–water partition coefficient (Wildman–Crippen LogP) is 4.30. The molecule has 3 rings (SSSR count). The van der Waals surface area contributed by atoms with Crippen molar-refractivity contribution in [2.45, 2.75) is 11.8 Å². The van der Waals surface area contributed by atoms with E-state index in [1.807, 2.05) is 17.5 Å². The molecule has 0 saturated heterocycles. The van der Waals surface area contributed by atoms with E-state index in [0.29, 0.717) is 17.1 Å². The molecule has 0 aliphatic heterocycles. The van der Waals surface area contributed by atoms with Crippen molar-refractivity contribution in [3.8, 4) is 5.75 Å². The van der Waals surface area contributed by atoms with Crippen molar-refractivity contribution >= 4 is 44.1 Å². The second kappa shape index (κ2) is 8.93. The average Bonchev–Trinajstić information content (AvgIpc) is 3.27. The third-order valence-electron chi connectivity index (χ3n) is 4.04. The van der Waals surface area contributed by atoms with Gasteiger partial charge in [0, 0.05) is 16.6 Å². The minimum absolute atomic E-state index is 0.0827. The molecule has 3 aromatic rings. The van der Waals surface area contributed by atoms with Crippen molar-refractivity contribution in [1.29, 1.82) is 0 Å². The fourth-order valence-electron chi connectivity index (χ4n) is 2.48. The zero-order chi connectivity index (χ0) is 21.7. The van der Waals surface area contributed by atoms with Gasteiger partial charge in [-0.15, -0.1) is 11.3 Å². The zero-order valence-corrected chi connectivity index (χ0v) is 17.7. The molecule has 1 heterocycles. The number of hydrazone groups is 1. The number of rotatable bonds is 8. The predicted molar refractivity (Wildman–Crippen MR) is 117 cm³/mol. The molecule has 0 saturated carbocycles. The normalized spacial score (nSPS) is 11.7. The molecule has 0 aliphatic carbocycles. The molecule has 0 fully saturated rings. The second-order valence-corrected chi connectivity index (χ2v) is 8.69. The molecule has 0 atom stereocenters. The van der Waals surface area contributed by atoms with Crippen LogP contribution in [-0.2, 0) is 10.0 Å². The topological polar surface area (TPSA) is 123 Å². The van der Waals surface area contributed by atoms with Crippen LogP contribution in [0.4, 0.5) is 17.1 Å². The van der Waals surface area contributed by atoms with Crippen LogP contribution in [-0.4, -0.2) is 26.2 Å². The highest BCUT2D eigenvalue weighted by Crippen LogP contribution is 2.29. The van der Waals surface area contributed by atoms with Crippen LogP contribution in [0.1, 0.15) is 11.8 Å². The van der Waals surface area contributed by atoms with Gasteiger partial charge < -0.3 is 4.74 Å². The Hall–Kier alpha value is -3.44. The molecule has 0 amide bonds. The van der Waals surface area contributed by atoms with Crippen molar-refractivity contribution in [3.63, 3.8) is 0 Å². The standard InChI is InChI=1S/C19H18N4O5S2/c1-13(19-4-3-11-29-19)20-21-17-10-9-16(12-18(17)23(24)25)30(26,27)22-14-5-7-15(28-2)8-6-14/h3-12,21-22H,1-2H3/b20-13-. The maximum absolute atomic E-state index is 12.7. The molecule has 11 heteroatoms. The van der Waals surface area contributed by atoms with Crippen molar-refractivity contribution in [1.82, 2.24) is 0 Å². The molecule has 0 radical (unpaired) electrons. The Morgan fingerprint density at radius 3 is 2.50 bits per heavy atom. The lowest BCUT2D eigenvalue weighted by molar-refractivity contribution is -0.384. The van der Waals surface area contributed by atoms with Crippen LogP contribution < -0.4 is 14.9 Å². The van der Waals surface area contributed by atoms with Gasteiger partial charge in [0.05, 0.1) is 22.6 Å². The minimum Gasteiger partial charge on any atom is -0.497 e. The van der Waals surface area contributed by atoms with Gasteiger partial charge in [0.2, 0.25) is 0 Å². The quantitative estimate of drug-likeness (QED) is 0.302. The summed E-state index contributed by atoms with van der Waals surface area (Å²) >= 11 is 1.49. The largest absolute Gasteiger partial charge is 0.497 e. The number of nitrogens with one attached hydrogen (secondary N) is 2. The Bertz CT molecular complexity index is 1170. The van der Waals surface area contributed by atoms with Crippen molar-refractivity contribution in [2.75, 3.05) is 17.3 Å². The van der Waals surface area contributed by atoms with Crippen LogP contribution in [0.25, 0.3) is 0 Å². The van der Waals surface area contributed by atoms with Gasteiger partial charge in [0.25, 0.3) is 15.7 Å². The maximum atomic E-state index is 12.7. The monoisotopic (exact) mass is 446 g/mol. The smallest absolute Gasteiger partial charge is 0.295 e. The van der Waals surface area contributed by atoms with Gasteiger partial charge in [0.15, 0.2) is 0 Å². The average molecular weight is 447 g/mol. The van der Waals surface area contributed by atoms with Crippen LogP contribution in [0.5, 0.6) is 5.75 Å².